The second-order valence-electron chi connectivity index (χ2n) is 6.63. The average Bonchev–Trinajstić information content (AvgIpc) is 2.89. The highest BCUT2D eigenvalue weighted by Crippen LogP contribution is 2.39. The van der Waals surface area contributed by atoms with Gasteiger partial charge in [0.05, 0.1) is 19.8 Å². The standard InChI is InChI=1S/C20H27ClO5/c1-25-14-7-6-8-15(11-14)26-13-17-16(18(21)12-19(17)22)9-4-2-3-5-10-20(23)24/h2,4,6-8,11,16-19,22H,3,5,9-10,12-13H2,1H3,(H,23,24)/b4-2-/t16-,17-,18+,19-/m1/s1. The summed E-state index contributed by atoms with van der Waals surface area (Å²) in [7, 11) is 1.61. The first-order valence-electron chi connectivity index (χ1n) is 8.97. The van der Waals surface area contributed by atoms with Gasteiger partial charge in [0.2, 0.25) is 0 Å². The number of carbonyl (C=O) groups is 1. The van der Waals surface area contributed by atoms with Crippen LogP contribution in [0, 0.1) is 11.8 Å². The monoisotopic (exact) mass is 382 g/mol. The van der Waals surface area contributed by atoms with E-state index in [0.717, 1.165) is 18.6 Å². The van der Waals surface area contributed by atoms with Gasteiger partial charge in [0.25, 0.3) is 0 Å². The molecule has 1 aliphatic carbocycles. The van der Waals surface area contributed by atoms with Crippen LogP contribution >= 0.6 is 11.6 Å². The molecule has 0 unspecified atom stereocenters. The molecule has 5 nitrogen and oxygen atoms in total. The largest absolute Gasteiger partial charge is 0.497 e. The number of allylic oxidation sites excluding steroid dienone is 2. The number of hydrogen-bond acceptors (Lipinski definition) is 4. The van der Waals surface area contributed by atoms with Gasteiger partial charge in [0.1, 0.15) is 11.5 Å². The molecule has 0 aromatic heterocycles. The smallest absolute Gasteiger partial charge is 0.303 e. The topological polar surface area (TPSA) is 76.0 Å². The maximum absolute atomic E-state index is 10.5. The molecule has 1 aromatic carbocycles. The van der Waals surface area contributed by atoms with Crippen molar-refractivity contribution in [2.45, 2.75) is 43.6 Å². The van der Waals surface area contributed by atoms with E-state index in [-0.39, 0.29) is 23.6 Å². The van der Waals surface area contributed by atoms with Gasteiger partial charge < -0.3 is 19.7 Å². The Hall–Kier alpha value is -1.72. The molecule has 0 radical (unpaired) electrons. The number of rotatable bonds is 10. The molecule has 1 aromatic rings. The number of unbranched alkanes of at least 4 members (excludes halogenated alkanes) is 1. The highest BCUT2D eigenvalue weighted by Gasteiger charge is 2.41. The van der Waals surface area contributed by atoms with Crippen molar-refractivity contribution in [2.24, 2.45) is 11.8 Å². The summed E-state index contributed by atoms with van der Waals surface area (Å²) in [4.78, 5) is 10.5. The Morgan fingerprint density at radius 1 is 1.31 bits per heavy atom. The number of alkyl halides is 1. The van der Waals surface area contributed by atoms with Crippen LogP contribution in [0.1, 0.15) is 32.1 Å². The summed E-state index contributed by atoms with van der Waals surface area (Å²) in [5.41, 5.74) is 0. The fourth-order valence-corrected chi connectivity index (χ4v) is 3.79. The number of benzene rings is 1. The van der Waals surface area contributed by atoms with E-state index in [9.17, 15) is 9.90 Å². The zero-order chi connectivity index (χ0) is 18.9. The molecule has 0 aliphatic heterocycles. The Labute approximate surface area is 159 Å². The van der Waals surface area contributed by atoms with E-state index in [1.807, 2.05) is 36.4 Å². The minimum absolute atomic E-state index is 0.0348. The minimum atomic E-state index is -0.770. The van der Waals surface area contributed by atoms with E-state index >= 15 is 0 Å². The molecule has 1 aliphatic rings. The van der Waals surface area contributed by atoms with Crippen LogP contribution in [0.15, 0.2) is 36.4 Å². The second-order valence-corrected chi connectivity index (χ2v) is 7.19. The molecule has 0 amide bonds. The van der Waals surface area contributed by atoms with Gasteiger partial charge in [-0.3, -0.25) is 4.79 Å². The molecule has 1 fully saturated rings. The predicted octanol–water partition coefficient (Wildman–Crippen LogP) is 3.88. The van der Waals surface area contributed by atoms with Crippen molar-refractivity contribution >= 4 is 17.6 Å². The van der Waals surface area contributed by atoms with Gasteiger partial charge in [-0.25, -0.2) is 0 Å². The maximum atomic E-state index is 10.5. The van der Waals surface area contributed by atoms with Crippen molar-refractivity contribution in [1.29, 1.82) is 0 Å². The molecule has 26 heavy (non-hydrogen) atoms. The van der Waals surface area contributed by atoms with Gasteiger partial charge >= 0.3 is 5.97 Å². The molecule has 0 saturated heterocycles. The Bertz CT molecular complexity index is 604. The summed E-state index contributed by atoms with van der Waals surface area (Å²) in [5.74, 6) is 0.760. The zero-order valence-corrected chi connectivity index (χ0v) is 15.8. The molecular weight excluding hydrogens is 356 g/mol. The Balaban J connectivity index is 1.86. The normalized spacial score (nSPS) is 25.5. The van der Waals surface area contributed by atoms with Gasteiger partial charge in [-0.2, -0.15) is 0 Å². The first-order chi connectivity index (χ1) is 12.5. The Morgan fingerprint density at radius 3 is 2.81 bits per heavy atom. The molecule has 2 rings (SSSR count). The van der Waals surface area contributed by atoms with Crippen molar-refractivity contribution < 1.29 is 24.5 Å². The summed E-state index contributed by atoms with van der Waals surface area (Å²) < 4.78 is 11.1. The summed E-state index contributed by atoms with van der Waals surface area (Å²) in [6.45, 7) is 0.398. The van der Waals surface area contributed by atoms with E-state index in [1.54, 1.807) is 7.11 Å². The average molecular weight is 383 g/mol. The molecule has 144 valence electrons. The molecular formula is C20H27ClO5. The lowest BCUT2D eigenvalue weighted by atomic mass is 9.92. The van der Waals surface area contributed by atoms with E-state index in [2.05, 4.69) is 0 Å². The van der Waals surface area contributed by atoms with Crippen LogP contribution in [0.5, 0.6) is 11.5 Å². The number of aliphatic carboxylic acids is 1. The van der Waals surface area contributed by atoms with Gasteiger partial charge in [-0.15, -0.1) is 11.6 Å². The SMILES string of the molecule is COc1cccc(OC[C@@H]2[C@@H](C/C=C\CCCC(=O)O)[C@@H](Cl)C[C@H]2O)c1. The molecule has 0 heterocycles. The quantitative estimate of drug-likeness (QED) is 0.365. The number of ether oxygens (including phenoxy) is 2. The zero-order valence-electron chi connectivity index (χ0n) is 15.0. The van der Waals surface area contributed by atoms with Crippen LogP contribution in [0.3, 0.4) is 0 Å². The number of methoxy groups -OCH3 is 1. The first kappa shape index (κ1) is 20.6. The van der Waals surface area contributed by atoms with Crippen LogP contribution in [0.4, 0.5) is 0 Å². The van der Waals surface area contributed by atoms with E-state index in [1.165, 1.54) is 0 Å². The third-order valence-electron chi connectivity index (χ3n) is 4.80. The van der Waals surface area contributed by atoms with Gasteiger partial charge in [-0.05, 0) is 43.7 Å². The lowest BCUT2D eigenvalue weighted by Crippen LogP contribution is -2.27. The highest BCUT2D eigenvalue weighted by molar-refractivity contribution is 6.21. The number of aliphatic hydroxyl groups excluding tert-OH is 1. The first-order valence-corrected chi connectivity index (χ1v) is 9.40. The van der Waals surface area contributed by atoms with E-state index < -0.39 is 12.1 Å². The molecule has 6 heteroatoms. The van der Waals surface area contributed by atoms with Crippen molar-refractivity contribution in [3.63, 3.8) is 0 Å². The number of halogens is 1. The predicted molar refractivity (Wildman–Crippen MR) is 101 cm³/mol. The summed E-state index contributed by atoms with van der Waals surface area (Å²) in [6.07, 6.45) is 6.42. The number of carboxylic acids is 1. The van der Waals surface area contributed by atoms with E-state index in [4.69, 9.17) is 26.2 Å². The van der Waals surface area contributed by atoms with Crippen LogP contribution in [0.25, 0.3) is 0 Å². The number of aliphatic hydroxyl groups is 1. The Morgan fingerprint density at radius 2 is 2.08 bits per heavy atom. The van der Waals surface area contributed by atoms with Crippen LogP contribution < -0.4 is 9.47 Å². The van der Waals surface area contributed by atoms with Crippen LogP contribution in [-0.2, 0) is 4.79 Å². The minimum Gasteiger partial charge on any atom is -0.497 e. The molecule has 0 bridgehead atoms. The van der Waals surface area contributed by atoms with Gasteiger partial charge in [0.15, 0.2) is 0 Å². The van der Waals surface area contributed by atoms with Crippen molar-refractivity contribution in [1.82, 2.24) is 0 Å². The fraction of sp³-hybridized carbons (Fsp3) is 0.550. The Kier molecular flexibility index (Phi) is 8.26. The molecule has 2 N–H and O–H groups in total. The second kappa shape index (κ2) is 10.4. The van der Waals surface area contributed by atoms with Crippen LogP contribution in [-0.4, -0.2) is 41.4 Å². The fourth-order valence-electron chi connectivity index (χ4n) is 3.32. The lowest BCUT2D eigenvalue weighted by molar-refractivity contribution is -0.137. The third kappa shape index (κ3) is 6.22. The van der Waals surface area contributed by atoms with Gasteiger partial charge in [-0.1, -0.05) is 18.2 Å². The highest BCUT2D eigenvalue weighted by atomic mass is 35.5. The summed E-state index contributed by atoms with van der Waals surface area (Å²) in [5, 5.41) is 18.9. The van der Waals surface area contributed by atoms with Gasteiger partial charge in [0, 0.05) is 23.8 Å². The van der Waals surface area contributed by atoms with Crippen LogP contribution in [0.2, 0.25) is 0 Å². The molecule has 0 spiro atoms. The maximum Gasteiger partial charge on any atom is 0.303 e. The molecule has 4 atom stereocenters. The van der Waals surface area contributed by atoms with Crippen molar-refractivity contribution in [3.05, 3.63) is 36.4 Å². The molecule has 1 saturated carbocycles. The van der Waals surface area contributed by atoms with Crippen molar-refractivity contribution in [2.75, 3.05) is 13.7 Å². The summed E-state index contributed by atoms with van der Waals surface area (Å²) >= 11 is 6.43. The lowest BCUT2D eigenvalue weighted by Gasteiger charge is -2.22. The number of carboxylic acid groups (broad SMARTS) is 1. The third-order valence-corrected chi connectivity index (χ3v) is 5.30. The van der Waals surface area contributed by atoms with Crippen molar-refractivity contribution in [3.8, 4) is 11.5 Å². The van der Waals surface area contributed by atoms with E-state index in [0.29, 0.717) is 25.2 Å². The summed E-state index contributed by atoms with van der Waals surface area (Å²) in [6, 6.07) is 7.39. The number of hydrogen-bond donors (Lipinski definition) is 2.